The van der Waals surface area contributed by atoms with E-state index in [0.717, 1.165) is 43.8 Å². The Bertz CT molecular complexity index is 794. The van der Waals surface area contributed by atoms with Crippen LogP contribution in [0.5, 0.6) is 5.75 Å². The summed E-state index contributed by atoms with van der Waals surface area (Å²) in [4.78, 5) is 40.3. The molecule has 7 nitrogen and oxygen atoms in total. The molecule has 7 heteroatoms. The molecule has 3 heterocycles. The van der Waals surface area contributed by atoms with Crippen LogP contribution >= 0.6 is 0 Å². The molecule has 0 spiro atoms. The summed E-state index contributed by atoms with van der Waals surface area (Å²) in [5.41, 5.74) is 1.50. The maximum Gasteiger partial charge on any atom is 0.255 e. The van der Waals surface area contributed by atoms with Gasteiger partial charge in [0, 0.05) is 25.1 Å². The summed E-state index contributed by atoms with van der Waals surface area (Å²) in [5, 5.41) is 2.33. The van der Waals surface area contributed by atoms with Crippen molar-refractivity contribution in [3.05, 3.63) is 29.3 Å². The number of nitrogens with zero attached hydrogens (tertiary/aromatic N) is 2. The molecule has 28 heavy (non-hydrogen) atoms. The van der Waals surface area contributed by atoms with E-state index in [2.05, 4.69) is 17.1 Å². The van der Waals surface area contributed by atoms with Gasteiger partial charge in [0.1, 0.15) is 17.9 Å². The van der Waals surface area contributed by atoms with Crippen LogP contribution in [0.4, 0.5) is 0 Å². The number of hydrogen-bond donors (Lipinski definition) is 1. The molecule has 150 valence electrons. The number of benzene rings is 1. The van der Waals surface area contributed by atoms with Crippen LogP contribution in [0.3, 0.4) is 0 Å². The second-order valence-corrected chi connectivity index (χ2v) is 7.85. The molecule has 3 amide bonds. The smallest absolute Gasteiger partial charge is 0.255 e. The zero-order valence-corrected chi connectivity index (χ0v) is 16.3. The Labute approximate surface area is 165 Å². The van der Waals surface area contributed by atoms with Crippen molar-refractivity contribution in [3.8, 4) is 5.75 Å². The van der Waals surface area contributed by atoms with E-state index in [1.54, 1.807) is 11.0 Å². The lowest BCUT2D eigenvalue weighted by Gasteiger charge is -2.29. The van der Waals surface area contributed by atoms with Crippen molar-refractivity contribution < 1.29 is 19.1 Å². The van der Waals surface area contributed by atoms with Gasteiger partial charge in [0.15, 0.2) is 0 Å². The first kappa shape index (κ1) is 18.9. The number of rotatable bonds is 4. The molecule has 1 N–H and O–H groups in total. The van der Waals surface area contributed by atoms with E-state index in [9.17, 15) is 14.4 Å². The number of hydrogen-bond acceptors (Lipinski definition) is 5. The molecular weight excluding hydrogens is 358 g/mol. The Hall–Kier alpha value is -2.41. The molecule has 3 aliphatic rings. The van der Waals surface area contributed by atoms with E-state index in [1.165, 1.54) is 6.42 Å². The second-order valence-electron chi connectivity index (χ2n) is 7.85. The maximum absolute atomic E-state index is 12.8. The molecule has 0 bridgehead atoms. The van der Waals surface area contributed by atoms with Gasteiger partial charge >= 0.3 is 0 Å². The second kappa shape index (κ2) is 7.91. The van der Waals surface area contributed by atoms with Gasteiger partial charge < -0.3 is 9.64 Å². The lowest BCUT2D eigenvalue weighted by Crippen LogP contribution is -2.52. The highest BCUT2D eigenvalue weighted by Gasteiger charge is 2.39. The minimum absolute atomic E-state index is 0.150. The predicted octanol–water partition coefficient (Wildman–Crippen LogP) is 1.70. The SMILES string of the molecule is CCN1CCCC[C@@H](Oc2ccc3c(c2)CN(C2CCC(=O)NC2=O)C3=O)C1. The summed E-state index contributed by atoms with van der Waals surface area (Å²) in [7, 11) is 0. The summed E-state index contributed by atoms with van der Waals surface area (Å²) < 4.78 is 6.25. The number of amides is 3. The molecule has 1 aromatic carbocycles. The van der Waals surface area contributed by atoms with E-state index in [0.29, 0.717) is 18.5 Å². The Morgan fingerprint density at radius 2 is 2.04 bits per heavy atom. The summed E-state index contributed by atoms with van der Waals surface area (Å²) in [6.07, 6.45) is 4.20. The van der Waals surface area contributed by atoms with Crippen molar-refractivity contribution in [3.63, 3.8) is 0 Å². The lowest BCUT2D eigenvalue weighted by atomic mass is 10.0. The molecule has 0 aromatic heterocycles. The van der Waals surface area contributed by atoms with Crippen LogP contribution in [0.15, 0.2) is 18.2 Å². The third-order valence-corrected chi connectivity index (χ3v) is 5.96. The number of likely N-dealkylation sites (N-methyl/N-ethyl adjacent to an activating group) is 1. The molecular formula is C21H27N3O4. The third-order valence-electron chi connectivity index (χ3n) is 5.96. The summed E-state index contributed by atoms with van der Waals surface area (Å²) in [6.45, 7) is 5.63. The molecule has 2 saturated heterocycles. The molecule has 0 saturated carbocycles. The van der Waals surface area contributed by atoms with Crippen LogP contribution in [-0.2, 0) is 16.1 Å². The van der Waals surface area contributed by atoms with Crippen LogP contribution < -0.4 is 10.1 Å². The van der Waals surface area contributed by atoms with E-state index in [4.69, 9.17) is 4.74 Å². The first-order chi connectivity index (χ1) is 13.5. The van der Waals surface area contributed by atoms with Gasteiger partial charge in [-0.25, -0.2) is 0 Å². The minimum atomic E-state index is -0.582. The zero-order chi connectivity index (χ0) is 19.7. The van der Waals surface area contributed by atoms with Crippen LogP contribution in [0.2, 0.25) is 0 Å². The number of nitrogens with one attached hydrogen (secondary N) is 1. The number of fused-ring (bicyclic) bond motifs is 1. The highest BCUT2D eigenvalue weighted by molar-refractivity contribution is 6.05. The number of piperidine rings is 1. The normalized spacial score (nSPS) is 26.0. The molecule has 0 aliphatic carbocycles. The van der Waals surface area contributed by atoms with E-state index in [1.807, 2.05) is 12.1 Å². The van der Waals surface area contributed by atoms with E-state index in [-0.39, 0.29) is 30.2 Å². The third kappa shape index (κ3) is 3.76. The zero-order valence-electron chi connectivity index (χ0n) is 16.3. The Kier molecular flexibility index (Phi) is 5.35. The topological polar surface area (TPSA) is 79.0 Å². The minimum Gasteiger partial charge on any atom is -0.489 e. The van der Waals surface area contributed by atoms with Crippen LogP contribution in [0.1, 0.15) is 54.9 Å². The average Bonchev–Trinajstić information content (AvgIpc) is 2.85. The van der Waals surface area contributed by atoms with Gasteiger partial charge in [-0.2, -0.15) is 0 Å². The quantitative estimate of drug-likeness (QED) is 0.798. The Balaban J connectivity index is 1.46. The van der Waals surface area contributed by atoms with Gasteiger partial charge in [0.25, 0.3) is 5.91 Å². The van der Waals surface area contributed by atoms with Gasteiger partial charge in [-0.1, -0.05) is 6.92 Å². The summed E-state index contributed by atoms with van der Waals surface area (Å²) >= 11 is 0. The summed E-state index contributed by atoms with van der Waals surface area (Å²) in [5.74, 6) is -0.0279. The molecule has 4 rings (SSSR count). The van der Waals surface area contributed by atoms with Crippen LogP contribution in [-0.4, -0.2) is 59.3 Å². The Morgan fingerprint density at radius 3 is 2.82 bits per heavy atom. The fourth-order valence-electron chi connectivity index (χ4n) is 4.38. The number of carbonyl (C=O) groups is 3. The van der Waals surface area contributed by atoms with Gasteiger partial charge in [-0.15, -0.1) is 0 Å². The number of ether oxygens (including phenoxy) is 1. The predicted molar refractivity (Wildman–Crippen MR) is 103 cm³/mol. The van der Waals surface area contributed by atoms with Crippen molar-refractivity contribution in [2.75, 3.05) is 19.6 Å². The Morgan fingerprint density at radius 1 is 1.18 bits per heavy atom. The monoisotopic (exact) mass is 385 g/mol. The number of imide groups is 1. The van der Waals surface area contributed by atoms with Crippen molar-refractivity contribution in [2.24, 2.45) is 0 Å². The highest BCUT2D eigenvalue weighted by Crippen LogP contribution is 2.31. The lowest BCUT2D eigenvalue weighted by molar-refractivity contribution is -0.136. The van der Waals surface area contributed by atoms with Crippen LogP contribution in [0.25, 0.3) is 0 Å². The van der Waals surface area contributed by atoms with Crippen LogP contribution in [0, 0.1) is 0 Å². The van der Waals surface area contributed by atoms with Crippen molar-refractivity contribution >= 4 is 17.7 Å². The van der Waals surface area contributed by atoms with E-state index < -0.39 is 6.04 Å². The molecule has 3 aliphatic heterocycles. The average molecular weight is 385 g/mol. The largest absolute Gasteiger partial charge is 0.489 e. The highest BCUT2D eigenvalue weighted by atomic mass is 16.5. The number of carbonyl (C=O) groups excluding carboxylic acids is 3. The number of likely N-dealkylation sites (tertiary alicyclic amines) is 1. The van der Waals surface area contributed by atoms with Crippen molar-refractivity contribution in [1.82, 2.24) is 15.1 Å². The van der Waals surface area contributed by atoms with Gasteiger partial charge in [0.2, 0.25) is 11.8 Å². The van der Waals surface area contributed by atoms with Gasteiger partial charge in [0.05, 0.1) is 0 Å². The van der Waals surface area contributed by atoms with E-state index >= 15 is 0 Å². The summed E-state index contributed by atoms with van der Waals surface area (Å²) in [6, 6.07) is 5.00. The standard InChI is InChI=1S/C21H27N3O4/c1-2-23-10-4-3-5-16(13-23)28-15-6-7-17-14(11-15)12-24(21(17)27)18-8-9-19(25)22-20(18)26/h6-7,11,16,18H,2-5,8-10,12-13H2,1H3,(H,22,25,26)/t16-,18?/m1/s1. The fraction of sp³-hybridized carbons (Fsp3) is 0.571. The molecule has 2 fully saturated rings. The molecule has 1 aromatic rings. The van der Waals surface area contributed by atoms with Crippen molar-refractivity contribution in [1.29, 1.82) is 0 Å². The van der Waals surface area contributed by atoms with Gasteiger partial charge in [-0.05, 0) is 62.5 Å². The molecule has 2 atom stereocenters. The molecule has 0 radical (unpaired) electrons. The van der Waals surface area contributed by atoms with Gasteiger partial charge in [-0.3, -0.25) is 24.6 Å². The molecule has 1 unspecified atom stereocenters. The first-order valence-corrected chi connectivity index (χ1v) is 10.2. The first-order valence-electron chi connectivity index (χ1n) is 10.2. The fourth-order valence-corrected chi connectivity index (χ4v) is 4.38. The maximum atomic E-state index is 12.8. The van der Waals surface area contributed by atoms with Crippen molar-refractivity contribution in [2.45, 2.75) is 57.7 Å².